The summed E-state index contributed by atoms with van der Waals surface area (Å²) in [5.74, 6) is 0.531. The van der Waals surface area contributed by atoms with Crippen LogP contribution in [0.1, 0.15) is 48.8 Å². The van der Waals surface area contributed by atoms with Gasteiger partial charge in [-0.05, 0) is 42.6 Å². The van der Waals surface area contributed by atoms with Gasteiger partial charge in [-0.25, -0.2) is 0 Å². The third-order valence-electron chi connectivity index (χ3n) is 3.63. The molecule has 0 spiro atoms. The zero-order valence-electron chi connectivity index (χ0n) is 11.1. The molecule has 0 aromatic carbocycles. The molecule has 2 fully saturated rings. The first-order chi connectivity index (χ1) is 9.06. The first-order valence-corrected chi connectivity index (χ1v) is 7.54. The van der Waals surface area contributed by atoms with E-state index in [0.717, 1.165) is 10.2 Å². The fourth-order valence-corrected chi connectivity index (χ4v) is 3.29. The van der Waals surface area contributed by atoms with Gasteiger partial charge in [0.1, 0.15) is 0 Å². The third-order valence-corrected chi connectivity index (χ3v) is 4.43. The average molecular weight is 328 g/mol. The minimum Gasteiger partial charge on any atom is -0.372 e. The van der Waals surface area contributed by atoms with Crippen molar-refractivity contribution in [1.82, 2.24) is 15.1 Å². The maximum absolute atomic E-state index is 12.5. The largest absolute Gasteiger partial charge is 0.372 e. The smallest absolute Gasteiger partial charge is 0.275 e. The first-order valence-electron chi connectivity index (χ1n) is 6.74. The van der Waals surface area contributed by atoms with Crippen molar-refractivity contribution in [2.45, 2.75) is 44.8 Å². The van der Waals surface area contributed by atoms with Crippen molar-refractivity contribution in [2.24, 2.45) is 0 Å². The van der Waals surface area contributed by atoms with Gasteiger partial charge in [-0.15, -0.1) is 0 Å². The van der Waals surface area contributed by atoms with Gasteiger partial charge < -0.3 is 9.64 Å². The van der Waals surface area contributed by atoms with Crippen LogP contribution in [0.2, 0.25) is 0 Å². The molecule has 2 atom stereocenters. The van der Waals surface area contributed by atoms with E-state index in [1.54, 1.807) is 0 Å². The van der Waals surface area contributed by atoms with Crippen molar-refractivity contribution in [2.75, 3.05) is 13.1 Å². The van der Waals surface area contributed by atoms with Gasteiger partial charge in [0, 0.05) is 19.0 Å². The molecule has 5 nitrogen and oxygen atoms in total. The number of amides is 1. The zero-order chi connectivity index (χ0) is 13.6. The van der Waals surface area contributed by atoms with Crippen LogP contribution in [0, 0.1) is 0 Å². The summed E-state index contributed by atoms with van der Waals surface area (Å²) in [5.41, 5.74) is 1.57. The number of ether oxygens (including phenoxy) is 1. The fraction of sp³-hybridized carbons (Fsp3) is 0.692. The zero-order valence-corrected chi connectivity index (χ0v) is 12.7. The van der Waals surface area contributed by atoms with Crippen LogP contribution in [-0.4, -0.2) is 46.3 Å². The lowest BCUT2D eigenvalue weighted by Crippen LogP contribution is -2.48. The number of halogens is 1. The molecule has 1 aromatic rings. The molecule has 19 heavy (non-hydrogen) atoms. The Balaban J connectivity index is 1.79. The molecule has 2 aliphatic rings. The second-order valence-corrected chi connectivity index (χ2v) is 6.33. The molecule has 1 aliphatic heterocycles. The predicted molar refractivity (Wildman–Crippen MR) is 74.2 cm³/mol. The van der Waals surface area contributed by atoms with Gasteiger partial charge in [0.15, 0.2) is 5.69 Å². The predicted octanol–water partition coefficient (Wildman–Crippen LogP) is 2.30. The Kier molecular flexibility index (Phi) is 3.39. The highest BCUT2D eigenvalue weighted by Gasteiger charge is 2.33. The quantitative estimate of drug-likeness (QED) is 0.906. The molecule has 2 heterocycles. The minimum absolute atomic E-state index is 0.0166. The summed E-state index contributed by atoms with van der Waals surface area (Å²) in [6.45, 7) is 5.23. The molecular formula is C13H18BrN3O2. The number of aromatic nitrogens is 2. The summed E-state index contributed by atoms with van der Waals surface area (Å²) in [6.07, 6.45) is 2.52. The molecule has 104 valence electrons. The molecule has 1 amide bonds. The Bertz CT molecular complexity index is 488. The van der Waals surface area contributed by atoms with Gasteiger partial charge in [0.25, 0.3) is 5.91 Å². The summed E-state index contributed by atoms with van der Waals surface area (Å²) in [4.78, 5) is 14.4. The molecule has 1 saturated heterocycles. The average Bonchev–Trinajstić information content (AvgIpc) is 3.11. The number of rotatable bonds is 2. The highest BCUT2D eigenvalue weighted by Crippen LogP contribution is 2.43. The number of nitrogens with one attached hydrogen (secondary N) is 1. The number of carbonyl (C=O) groups excluding carboxylic acids is 1. The monoisotopic (exact) mass is 327 g/mol. The van der Waals surface area contributed by atoms with Gasteiger partial charge in [0.2, 0.25) is 0 Å². The van der Waals surface area contributed by atoms with Gasteiger partial charge in [-0.2, -0.15) is 5.10 Å². The molecule has 1 N–H and O–H groups in total. The van der Waals surface area contributed by atoms with E-state index in [2.05, 4.69) is 26.1 Å². The van der Waals surface area contributed by atoms with Crippen LogP contribution < -0.4 is 0 Å². The Labute approximate surface area is 120 Å². The van der Waals surface area contributed by atoms with E-state index in [4.69, 9.17) is 4.74 Å². The van der Waals surface area contributed by atoms with Crippen molar-refractivity contribution in [3.05, 3.63) is 15.9 Å². The van der Waals surface area contributed by atoms with Crippen LogP contribution in [0.25, 0.3) is 0 Å². The number of nitrogens with zero attached hydrogens (tertiary/aromatic N) is 2. The molecule has 2 unspecified atom stereocenters. The SMILES string of the molecule is CC1CN(C(=O)c2n[nH]c(C3CC3)c2Br)CC(C)O1. The summed E-state index contributed by atoms with van der Waals surface area (Å²) < 4.78 is 6.49. The van der Waals surface area contributed by atoms with Crippen LogP contribution in [0.5, 0.6) is 0 Å². The van der Waals surface area contributed by atoms with Gasteiger partial charge >= 0.3 is 0 Å². The first kappa shape index (κ1) is 13.1. The molecule has 1 saturated carbocycles. The number of H-pyrrole nitrogens is 1. The molecule has 3 rings (SSSR count). The highest BCUT2D eigenvalue weighted by molar-refractivity contribution is 9.10. The van der Waals surface area contributed by atoms with E-state index >= 15 is 0 Å². The number of hydrogen-bond acceptors (Lipinski definition) is 3. The Hall–Kier alpha value is -0.880. The summed E-state index contributed by atoms with van der Waals surface area (Å²) in [6, 6.07) is 0. The topological polar surface area (TPSA) is 58.2 Å². The number of morpholine rings is 1. The van der Waals surface area contributed by atoms with E-state index in [1.165, 1.54) is 12.8 Å². The van der Waals surface area contributed by atoms with Crippen LogP contribution >= 0.6 is 15.9 Å². The summed E-state index contributed by atoms with van der Waals surface area (Å²) in [7, 11) is 0. The second-order valence-electron chi connectivity index (χ2n) is 5.54. The van der Waals surface area contributed by atoms with Gasteiger partial charge in [-0.1, -0.05) is 0 Å². The summed E-state index contributed by atoms with van der Waals surface area (Å²) >= 11 is 3.52. The number of hydrogen-bond donors (Lipinski definition) is 1. The van der Waals surface area contributed by atoms with E-state index in [0.29, 0.717) is 24.7 Å². The molecule has 0 bridgehead atoms. The van der Waals surface area contributed by atoms with Crippen molar-refractivity contribution in [3.63, 3.8) is 0 Å². The highest BCUT2D eigenvalue weighted by atomic mass is 79.9. The van der Waals surface area contributed by atoms with Crippen molar-refractivity contribution < 1.29 is 9.53 Å². The van der Waals surface area contributed by atoms with Crippen molar-refractivity contribution in [3.8, 4) is 0 Å². The number of carbonyl (C=O) groups is 1. The molecule has 6 heteroatoms. The Morgan fingerprint density at radius 1 is 1.37 bits per heavy atom. The Morgan fingerprint density at radius 2 is 2.00 bits per heavy atom. The van der Waals surface area contributed by atoms with E-state index in [9.17, 15) is 4.79 Å². The van der Waals surface area contributed by atoms with Crippen LogP contribution in [0.4, 0.5) is 0 Å². The lowest BCUT2D eigenvalue weighted by molar-refractivity contribution is -0.0587. The normalized spacial score (nSPS) is 27.6. The standard InChI is InChI=1S/C13H18BrN3O2/c1-7-5-17(6-8(2)19-7)13(18)12-10(14)11(15-16-12)9-3-4-9/h7-9H,3-6H2,1-2H3,(H,15,16). The summed E-state index contributed by atoms with van der Waals surface area (Å²) in [5, 5.41) is 7.20. The lowest BCUT2D eigenvalue weighted by Gasteiger charge is -2.34. The third kappa shape index (κ3) is 2.56. The lowest BCUT2D eigenvalue weighted by atomic mass is 10.2. The van der Waals surface area contributed by atoms with Crippen LogP contribution in [0.3, 0.4) is 0 Å². The fourth-order valence-electron chi connectivity index (χ4n) is 2.62. The van der Waals surface area contributed by atoms with E-state index in [-0.39, 0.29) is 18.1 Å². The maximum Gasteiger partial charge on any atom is 0.275 e. The van der Waals surface area contributed by atoms with Crippen molar-refractivity contribution >= 4 is 21.8 Å². The van der Waals surface area contributed by atoms with Gasteiger partial charge in [0.05, 0.1) is 22.4 Å². The van der Waals surface area contributed by atoms with Gasteiger partial charge in [-0.3, -0.25) is 9.89 Å². The minimum atomic E-state index is -0.0166. The number of aromatic amines is 1. The second kappa shape index (κ2) is 4.90. The van der Waals surface area contributed by atoms with Crippen molar-refractivity contribution in [1.29, 1.82) is 0 Å². The van der Waals surface area contributed by atoms with Crippen LogP contribution in [0.15, 0.2) is 4.47 Å². The van der Waals surface area contributed by atoms with E-state index < -0.39 is 0 Å². The molecular weight excluding hydrogens is 310 g/mol. The van der Waals surface area contributed by atoms with Crippen LogP contribution in [-0.2, 0) is 4.74 Å². The molecule has 0 radical (unpaired) electrons. The van der Waals surface area contributed by atoms with E-state index in [1.807, 2.05) is 18.7 Å². The molecule has 1 aromatic heterocycles. The Morgan fingerprint density at radius 3 is 2.58 bits per heavy atom. The maximum atomic E-state index is 12.5. The molecule has 1 aliphatic carbocycles.